The Labute approximate surface area is 133 Å². The summed E-state index contributed by atoms with van der Waals surface area (Å²) in [6.07, 6.45) is 0. The van der Waals surface area contributed by atoms with Crippen molar-refractivity contribution in [3.05, 3.63) is 46.9 Å². The van der Waals surface area contributed by atoms with E-state index in [1.54, 1.807) is 30.3 Å². The van der Waals surface area contributed by atoms with E-state index in [2.05, 4.69) is 23.4 Å². The van der Waals surface area contributed by atoms with Gasteiger partial charge in [0.1, 0.15) is 15.9 Å². The van der Waals surface area contributed by atoms with Gasteiger partial charge in [-0.15, -0.1) is 0 Å². The van der Waals surface area contributed by atoms with Crippen LogP contribution in [0.15, 0.2) is 46.1 Å². The van der Waals surface area contributed by atoms with Crippen LogP contribution in [0.2, 0.25) is 0 Å². The molecular formula is C13H9N5O3S2. The van der Waals surface area contributed by atoms with E-state index in [9.17, 15) is 13.2 Å². The molecule has 0 aliphatic heterocycles. The maximum atomic E-state index is 12.6. The second-order valence-corrected chi connectivity index (χ2v) is 7.01. The molecule has 0 unspecified atom stereocenters. The molecule has 0 fully saturated rings. The Kier molecular flexibility index (Phi) is 2.96. The van der Waals surface area contributed by atoms with Gasteiger partial charge in [-0.2, -0.15) is 8.75 Å². The SMILES string of the molecule is O=c1[nH]c2ccc(NS(=O)(=O)c3cccc4nsnc34)cc2[nH]1. The third-order valence-corrected chi connectivity index (χ3v) is 5.26. The third-order valence-electron chi connectivity index (χ3n) is 3.31. The number of hydrogen-bond donors (Lipinski definition) is 3. The first kappa shape index (κ1) is 13.9. The molecule has 116 valence electrons. The number of nitrogens with one attached hydrogen (secondary N) is 3. The van der Waals surface area contributed by atoms with Gasteiger partial charge in [0, 0.05) is 0 Å². The number of sulfonamides is 1. The Morgan fingerprint density at radius 2 is 1.87 bits per heavy atom. The fraction of sp³-hybridized carbons (Fsp3) is 0. The minimum absolute atomic E-state index is 0.0615. The standard InChI is InChI=1S/C13H9N5O3S2/c19-13-14-8-5-4-7(6-10(8)15-13)18-23(20,21)11-3-1-2-9-12(11)17-22-16-9/h1-6,18H,(H2,14,15,19). The molecule has 2 aromatic carbocycles. The van der Waals surface area contributed by atoms with Crippen molar-refractivity contribution in [2.24, 2.45) is 0 Å². The Hall–Kier alpha value is -2.72. The van der Waals surface area contributed by atoms with Gasteiger partial charge >= 0.3 is 5.69 Å². The predicted octanol–water partition coefficient (Wildman–Crippen LogP) is 1.66. The van der Waals surface area contributed by atoms with Gasteiger partial charge in [-0.25, -0.2) is 13.2 Å². The molecule has 0 spiro atoms. The van der Waals surface area contributed by atoms with Crippen molar-refractivity contribution in [1.29, 1.82) is 0 Å². The first-order valence-electron chi connectivity index (χ1n) is 6.49. The number of nitrogens with zero attached hydrogens (tertiary/aromatic N) is 2. The lowest BCUT2D eigenvalue weighted by Gasteiger charge is -2.08. The van der Waals surface area contributed by atoms with Gasteiger partial charge < -0.3 is 9.97 Å². The summed E-state index contributed by atoms with van der Waals surface area (Å²) in [5.74, 6) is 0. The van der Waals surface area contributed by atoms with Crippen molar-refractivity contribution < 1.29 is 8.42 Å². The summed E-state index contributed by atoms with van der Waals surface area (Å²) >= 11 is 0.958. The molecule has 0 bridgehead atoms. The number of aromatic nitrogens is 4. The molecule has 0 saturated heterocycles. The van der Waals surface area contributed by atoms with Gasteiger partial charge in [-0.3, -0.25) is 4.72 Å². The fourth-order valence-corrected chi connectivity index (χ4v) is 4.12. The van der Waals surface area contributed by atoms with Crippen LogP contribution in [0.1, 0.15) is 0 Å². The molecule has 0 aliphatic carbocycles. The van der Waals surface area contributed by atoms with Crippen LogP contribution in [0.4, 0.5) is 5.69 Å². The van der Waals surface area contributed by atoms with Crippen LogP contribution in [-0.2, 0) is 10.0 Å². The topological polar surface area (TPSA) is 121 Å². The maximum absolute atomic E-state index is 12.6. The zero-order chi connectivity index (χ0) is 16.0. The zero-order valence-corrected chi connectivity index (χ0v) is 13.0. The molecule has 4 aromatic rings. The number of aromatic amines is 2. The Morgan fingerprint density at radius 1 is 1.04 bits per heavy atom. The Morgan fingerprint density at radius 3 is 2.74 bits per heavy atom. The smallest absolute Gasteiger partial charge is 0.306 e. The van der Waals surface area contributed by atoms with E-state index in [1.165, 1.54) is 6.07 Å². The van der Waals surface area contributed by atoms with Crippen molar-refractivity contribution in [1.82, 2.24) is 18.7 Å². The highest BCUT2D eigenvalue weighted by Crippen LogP contribution is 2.24. The summed E-state index contributed by atoms with van der Waals surface area (Å²) in [4.78, 5) is 16.5. The van der Waals surface area contributed by atoms with Crippen LogP contribution in [-0.4, -0.2) is 27.1 Å². The molecule has 3 N–H and O–H groups in total. The first-order chi connectivity index (χ1) is 11.0. The second kappa shape index (κ2) is 4.89. The third kappa shape index (κ3) is 2.37. The van der Waals surface area contributed by atoms with Crippen molar-refractivity contribution >= 4 is 49.5 Å². The number of benzene rings is 2. The number of fused-ring (bicyclic) bond motifs is 2. The molecule has 2 aromatic heterocycles. The van der Waals surface area contributed by atoms with Crippen molar-refractivity contribution in [2.75, 3.05) is 4.72 Å². The van der Waals surface area contributed by atoms with E-state index in [0.717, 1.165) is 11.7 Å². The first-order valence-corrected chi connectivity index (χ1v) is 8.70. The highest BCUT2D eigenvalue weighted by molar-refractivity contribution is 7.93. The van der Waals surface area contributed by atoms with Gasteiger partial charge in [-0.05, 0) is 30.3 Å². The van der Waals surface area contributed by atoms with Gasteiger partial charge in [0.05, 0.1) is 28.4 Å². The second-order valence-electron chi connectivity index (χ2n) is 4.83. The van der Waals surface area contributed by atoms with Gasteiger partial charge in [0.25, 0.3) is 10.0 Å². The lowest BCUT2D eigenvalue weighted by atomic mass is 10.3. The van der Waals surface area contributed by atoms with E-state index in [0.29, 0.717) is 27.8 Å². The van der Waals surface area contributed by atoms with Crippen LogP contribution in [0.5, 0.6) is 0 Å². The molecule has 10 heteroatoms. The van der Waals surface area contributed by atoms with Gasteiger partial charge in [0.15, 0.2) is 0 Å². The average molecular weight is 347 g/mol. The quantitative estimate of drug-likeness (QED) is 0.520. The monoisotopic (exact) mass is 347 g/mol. The minimum Gasteiger partial charge on any atom is -0.306 e. The van der Waals surface area contributed by atoms with E-state index >= 15 is 0 Å². The lowest BCUT2D eigenvalue weighted by molar-refractivity contribution is 0.602. The molecule has 0 aliphatic rings. The molecular weight excluding hydrogens is 338 g/mol. The number of anilines is 1. The minimum atomic E-state index is -3.82. The summed E-state index contributed by atoms with van der Waals surface area (Å²) in [5.41, 5.74) is 1.98. The summed E-state index contributed by atoms with van der Waals surface area (Å²) < 4.78 is 35.8. The maximum Gasteiger partial charge on any atom is 0.323 e. The van der Waals surface area contributed by atoms with E-state index in [-0.39, 0.29) is 10.6 Å². The molecule has 0 radical (unpaired) electrons. The van der Waals surface area contributed by atoms with Crippen LogP contribution in [0, 0.1) is 0 Å². The predicted molar refractivity (Wildman–Crippen MR) is 87.1 cm³/mol. The Balaban J connectivity index is 1.79. The van der Waals surface area contributed by atoms with Crippen molar-refractivity contribution in [2.45, 2.75) is 4.90 Å². The van der Waals surface area contributed by atoms with Crippen molar-refractivity contribution in [3.63, 3.8) is 0 Å². The van der Waals surface area contributed by atoms with E-state index < -0.39 is 10.0 Å². The zero-order valence-electron chi connectivity index (χ0n) is 11.4. The molecule has 0 saturated carbocycles. The molecule has 8 nitrogen and oxygen atoms in total. The number of hydrogen-bond acceptors (Lipinski definition) is 6. The van der Waals surface area contributed by atoms with Crippen LogP contribution in [0.25, 0.3) is 22.1 Å². The fourth-order valence-electron chi connectivity index (χ4n) is 2.30. The Bertz CT molecular complexity index is 1190. The van der Waals surface area contributed by atoms with Crippen LogP contribution < -0.4 is 10.4 Å². The summed E-state index contributed by atoms with van der Waals surface area (Å²) in [6, 6.07) is 9.53. The van der Waals surface area contributed by atoms with Crippen molar-refractivity contribution in [3.8, 4) is 0 Å². The summed E-state index contributed by atoms with van der Waals surface area (Å²) in [5, 5.41) is 0. The number of rotatable bonds is 3. The number of imidazole rings is 1. The average Bonchev–Trinajstić information content (AvgIpc) is 3.10. The number of H-pyrrole nitrogens is 2. The molecule has 2 heterocycles. The normalized spacial score (nSPS) is 12.0. The van der Waals surface area contributed by atoms with E-state index in [1.807, 2.05) is 0 Å². The molecule has 4 rings (SSSR count). The van der Waals surface area contributed by atoms with Gasteiger partial charge in [0.2, 0.25) is 0 Å². The van der Waals surface area contributed by atoms with Crippen LogP contribution >= 0.6 is 11.7 Å². The molecule has 0 atom stereocenters. The van der Waals surface area contributed by atoms with E-state index in [4.69, 9.17) is 0 Å². The lowest BCUT2D eigenvalue weighted by Crippen LogP contribution is -2.13. The summed E-state index contributed by atoms with van der Waals surface area (Å²) in [7, 11) is -3.82. The van der Waals surface area contributed by atoms with Crippen LogP contribution in [0.3, 0.4) is 0 Å². The van der Waals surface area contributed by atoms with Gasteiger partial charge in [-0.1, -0.05) is 6.07 Å². The highest BCUT2D eigenvalue weighted by atomic mass is 32.2. The highest BCUT2D eigenvalue weighted by Gasteiger charge is 2.19. The molecule has 0 amide bonds. The summed E-state index contributed by atoms with van der Waals surface area (Å²) in [6.45, 7) is 0. The molecule has 23 heavy (non-hydrogen) atoms. The largest absolute Gasteiger partial charge is 0.323 e.